The topological polar surface area (TPSA) is 134 Å². The molecular formula is C45H58N8O5S. The third kappa shape index (κ3) is 7.55. The summed E-state index contributed by atoms with van der Waals surface area (Å²) < 4.78 is 14.5. The Bertz CT molecular complexity index is 2270. The summed E-state index contributed by atoms with van der Waals surface area (Å²) in [6.07, 6.45) is 5.89. The highest BCUT2D eigenvalue weighted by atomic mass is 32.1. The van der Waals surface area contributed by atoms with Gasteiger partial charge in [-0.25, -0.2) is 10.4 Å². The fraction of sp³-hybridized carbons (Fsp3) is 0.578. The van der Waals surface area contributed by atoms with Crippen LogP contribution in [0.15, 0.2) is 35.8 Å². The van der Waals surface area contributed by atoms with Gasteiger partial charge in [0.25, 0.3) is 5.91 Å². The summed E-state index contributed by atoms with van der Waals surface area (Å²) in [6, 6.07) is 8.50. The van der Waals surface area contributed by atoms with E-state index in [0.29, 0.717) is 43.8 Å². The van der Waals surface area contributed by atoms with Crippen molar-refractivity contribution < 1.29 is 23.9 Å². The van der Waals surface area contributed by atoms with Gasteiger partial charge in [-0.05, 0) is 82.7 Å². The molecular weight excluding hydrogens is 765 g/mol. The molecule has 2 N–H and O–H groups in total. The van der Waals surface area contributed by atoms with Crippen LogP contribution in [-0.4, -0.2) is 107 Å². The van der Waals surface area contributed by atoms with E-state index in [0.717, 1.165) is 81.4 Å². The maximum absolute atomic E-state index is 14.1. The lowest BCUT2D eigenvalue weighted by molar-refractivity contribution is -0.155. The Kier molecular flexibility index (Phi) is 10.6. The number of aromatic nitrogens is 3. The van der Waals surface area contributed by atoms with Gasteiger partial charge in [0, 0.05) is 90.5 Å². The summed E-state index contributed by atoms with van der Waals surface area (Å²) in [5.74, 6) is -0.554. The number of hydrogen-bond donors (Lipinski definition) is 2. The number of benzene rings is 1. The Labute approximate surface area is 350 Å². The summed E-state index contributed by atoms with van der Waals surface area (Å²) in [5, 5.41) is 8.48. The van der Waals surface area contributed by atoms with E-state index in [-0.39, 0.29) is 42.8 Å². The van der Waals surface area contributed by atoms with Crippen LogP contribution in [0.3, 0.4) is 0 Å². The van der Waals surface area contributed by atoms with Crippen LogP contribution >= 0.6 is 11.3 Å². The zero-order valence-electron chi connectivity index (χ0n) is 35.4. The minimum atomic E-state index is -0.825. The van der Waals surface area contributed by atoms with Gasteiger partial charge in [-0.3, -0.25) is 29.3 Å². The Morgan fingerprint density at radius 3 is 2.66 bits per heavy atom. The number of hydrogen-bond acceptors (Lipinski definition) is 11. The summed E-state index contributed by atoms with van der Waals surface area (Å²) in [7, 11) is 3.97. The number of amides is 2. The first-order valence-electron chi connectivity index (χ1n) is 21.5. The molecule has 2 unspecified atom stereocenters. The van der Waals surface area contributed by atoms with Crippen LogP contribution in [0.5, 0.6) is 0 Å². The molecule has 3 aromatic heterocycles. The second-order valence-electron chi connectivity index (χ2n) is 18.4. The molecule has 1 aromatic carbocycles. The van der Waals surface area contributed by atoms with E-state index in [1.54, 1.807) is 7.11 Å². The molecule has 1 saturated carbocycles. The molecule has 8 heterocycles. The van der Waals surface area contributed by atoms with Crippen molar-refractivity contribution in [2.45, 2.75) is 110 Å². The van der Waals surface area contributed by atoms with E-state index in [1.165, 1.54) is 22.8 Å². The molecule has 0 spiro atoms. The fourth-order valence-electron chi connectivity index (χ4n) is 9.75. The molecule has 8 bridgehead atoms. The van der Waals surface area contributed by atoms with Gasteiger partial charge in [0.05, 0.1) is 46.7 Å². The summed E-state index contributed by atoms with van der Waals surface area (Å²) in [5.41, 5.74) is 10.9. The van der Waals surface area contributed by atoms with Crippen LogP contribution in [-0.2, 0) is 43.2 Å². The van der Waals surface area contributed by atoms with Gasteiger partial charge in [0.15, 0.2) is 0 Å². The number of methoxy groups -OCH3 is 1. The third-order valence-corrected chi connectivity index (χ3v) is 14.5. The highest BCUT2D eigenvalue weighted by Gasteiger charge is 2.44. The third-order valence-electron chi connectivity index (χ3n) is 13.6. The van der Waals surface area contributed by atoms with Crippen molar-refractivity contribution in [2.75, 3.05) is 45.3 Å². The molecule has 0 radical (unpaired) electrons. The zero-order valence-corrected chi connectivity index (χ0v) is 36.2. The van der Waals surface area contributed by atoms with Gasteiger partial charge in [0.1, 0.15) is 12.1 Å². The average Bonchev–Trinajstić information content (AvgIpc) is 3.67. The molecule has 2 amide bonds. The second kappa shape index (κ2) is 15.6. The van der Waals surface area contributed by atoms with Crippen LogP contribution in [0, 0.1) is 17.3 Å². The van der Waals surface area contributed by atoms with Crippen molar-refractivity contribution in [1.82, 2.24) is 35.2 Å². The molecule has 10 rings (SSSR count). The number of aryl methyl sites for hydroxylation is 1. The lowest BCUT2D eigenvalue weighted by Gasteiger charge is -2.55. The molecule has 14 heteroatoms. The molecule has 1 aliphatic carbocycles. The second-order valence-corrected chi connectivity index (χ2v) is 19.3. The molecule has 5 fully saturated rings. The Balaban J connectivity index is 1.17. The highest BCUT2D eigenvalue weighted by Crippen LogP contribution is 2.44. The first-order valence-corrected chi connectivity index (χ1v) is 22.3. The van der Waals surface area contributed by atoms with E-state index in [4.69, 9.17) is 19.4 Å². The number of hydrazine groups is 1. The number of anilines is 1. The summed E-state index contributed by atoms with van der Waals surface area (Å²) in [6.45, 7) is 13.9. The van der Waals surface area contributed by atoms with Gasteiger partial charge in [-0.2, -0.15) is 0 Å². The number of carbonyl (C=O) groups excluding carboxylic acids is 3. The number of pyridine rings is 1. The van der Waals surface area contributed by atoms with Gasteiger partial charge in [-0.1, -0.05) is 26.8 Å². The quantitative estimate of drug-likeness (QED) is 0.222. The maximum Gasteiger partial charge on any atom is 0.324 e. The number of nitrogens with one attached hydrogen (secondary N) is 2. The molecule has 4 saturated heterocycles. The number of fused-ring (bicyclic) bond motifs is 8. The number of esters is 1. The van der Waals surface area contributed by atoms with Crippen molar-refractivity contribution in [1.29, 1.82) is 0 Å². The predicted octanol–water partition coefficient (Wildman–Crippen LogP) is 5.75. The monoisotopic (exact) mass is 822 g/mol. The number of piperazine rings is 1. The predicted molar refractivity (Wildman–Crippen MR) is 229 cm³/mol. The Morgan fingerprint density at radius 1 is 1.17 bits per heavy atom. The average molecular weight is 823 g/mol. The first kappa shape index (κ1) is 40.1. The van der Waals surface area contributed by atoms with Crippen molar-refractivity contribution in [3.63, 3.8) is 0 Å². The first-order chi connectivity index (χ1) is 28.3. The van der Waals surface area contributed by atoms with Gasteiger partial charge in [0.2, 0.25) is 5.91 Å². The summed E-state index contributed by atoms with van der Waals surface area (Å²) in [4.78, 5) is 56.4. The normalized spacial score (nSPS) is 27.5. The van der Waals surface area contributed by atoms with Crippen LogP contribution in [0.1, 0.15) is 82.7 Å². The zero-order chi connectivity index (χ0) is 41.3. The van der Waals surface area contributed by atoms with Crippen LogP contribution < -0.4 is 15.6 Å². The highest BCUT2D eigenvalue weighted by molar-refractivity contribution is 7.10. The number of ether oxygens (including phenoxy) is 2. The molecule has 4 aromatic rings. The molecule has 5 aliphatic heterocycles. The number of cyclic esters (lactones) is 1. The number of rotatable bonds is 7. The minimum absolute atomic E-state index is 0.0892. The Morgan fingerprint density at radius 2 is 1.95 bits per heavy atom. The largest absolute Gasteiger partial charge is 0.464 e. The smallest absolute Gasteiger partial charge is 0.324 e. The van der Waals surface area contributed by atoms with E-state index >= 15 is 0 Å². The van der Waals surface area contributed by atoms with Crippen LogP contribution in [0.4, 0.5) is 5.69 Å². The minimum Gasteiger partial charge on any atom is -0.464 e. The maximum atomic E-state index is 14.1. The summed E-state index contributed by atoms with van der Waals surface area (Å²) >= 11 is 1.50. The lowest BCUT2D eigenvalue weighted by Crippen LogP contribution is -2.67. The molecule has 6 aliphatic rings. The van der Waals surface area contributed by atoms with Crippen molar-refractivity contribution >= 4 is 45.7 Å². The molecule has 13 nitrogen and oxygen atoms in total. The Hall–Kier alpha value is -4.37. The van der Waals surface area contributed by atoms with Crippen LogP contribution in [0.25, 0.3) is 33.4 Å². The van der Waals surface area contributed by atoms with Gasteiger partial charge >= 0.3 is 5.97 Å². The number of likely N-dealkylation sites (N-methyl/N-ethyl adjacent to an activating group) is 1. The number of nitrogens with zero attached hydrogens (tertiary/aromatic N) is 6. The van der Waals surface area contributed by atoms with Crippen molar-refractivity contribution in [2.24, 2.45) is 17.3 Å². The molecule has 314 valence electrons. The van der Waals surface area contributed by atoms with E-state index in [9.17, 15) is 14.4 Å². The van der Waals surface area contributed by atoms with E-state index in [2.05, 4.69) is 91.0 Å². The van der Waals surface area contributed by atoms with E-state index in [1.807, 2.05) is 11.6 Å². The van der Waals surface area contributed by atoms with Gasteiger partial charge in [-0.15, -0.1) is 11.3 Å². The van der Waals surface area contributed by atoms with E-state index < -0.39 is 17.5 Å². The van der Waals surface area contributed by atoms with Gasteiger partial charge < -0.3 is 24.3 Å². The van der Waals surface area contributed by atoms with Crippen molar-refractivity contribution in [3.05, 3.63) is 52.1 Å². The molecule has 59 heavy (non-hydrogen) atoms. The van der Waals surface area contributed by atoms with Crippen molar-refractivity contribution in [3.8, 4) is 22.5 Å². The number of piperidine rings is 1. The SMILES string of the molecule is CCn1c(-c2cc(N3CC4CC(C3)N4C)cnc2[C@H](C)OC)c2c3cc(ccc31)-c1csc(n1)C[C@H](NC(=O)[C@H]1C[C@@H]1C)C(=O)N1CCC[C@H](N1)C(=O)OCC(C)(C)C2. The number of carbonyl (C=O) groups is 3. The number of thiazole rings is 1. The van der Waals surface area contributed by atoms with Crippen LogP contribution in [0.2, 0.25) is 0 Å². The lowest BCUT2D eigenvalue weighted by atomic mass is 9.84. The molecule has 7 atom stereocenters. The standard InChI is InChI=1S/C45H58N8O5S/c1-8-52-38-12-11-27-15-32(38)34(41(52)33-17-28(20-46-40(33)26(3)57-7)51-21-29-16-30(22-51)50(29)6)19-45(4,5)24-58-44(56)35-10-9-13-53(49-35)43(55)36(18-39-47-37(27)23-59-39)48-42(54)31-14-25(31)2/h11-12,15,17,20,23,25-26,29-31,35-36,49H,8-10,13-14,16,18-19,21-22,24H2,1-7H3,(H,48,54)/t25-,26-,29?,30?,31-,35-,36-/m0/s1. The fourth-order valence-corrected chi connectivity index (χ4v) is 10.6.